The topological polar surface area (TPSA) is 26.3 Å². The third kappa shape index (κ3) is 2.61. The van der Waals surface area contributed by atoms with Gasteiger partial charge in [0.15, 0.2) is 0 Å². The number of rotatable bonds is 3. The number of esters is 1. The Kier molecular flexibility index (Phi) is 3.95. The van der Waals surface area contributed by atoms with Gasteiger partial charge in [-0.25, -0.2) is 0 Å². The maximum Gasteiger partial charge on any atom is 0.313 e. The van der Waals surface area contributed by atoms with Crippen molar-refractivity contribution in [2.24, 2.45) is 11.3 Å². The Hall–Kier alpha value is -1.31. The number of ether oxygens (including phenoxy) is 1. The van der Waals surface area contributed by atoms with E-state index in [9.17, 15) is 4.79 Å². The molecule has 0 amide bonds. The highest BCUT2D eigenvalue weighted by molar-refractivity contribution is 5.80. The molecule has 110 valence electrons. The summed E-state index contributed by atoms with van der Waals surface area (Å²) in [5.74, 6) is 0.785. The highest BCUT2D eigenvalue weighted by atomic mass is 16.6. The van der Waals surface area contributed by atoms with Gasteiger partial charge in [0.2, 0.25) is 0 Å². The number of carbonyl (C=O) groups is 1. The fraction of sp³-hybridized carbons (Fsp3) is 0.611. The number of hydrogen-bond acceptors (Lipinski definition) is 2. The van der Waals surface area contributed by atoms with E-state index < -0.39 is 5.60 Å². The zero-order valence-corrected chi connectivity index (χ0v) is 13.3. The molecule has 0 aromatic heterocycles. The maximum absolute atomic E-state index is 12.7. The van der Waals surface area contributed by atoms with Crippen molar-refractivity contribution in [1.29, 1.82) is 0 Å². The molecule has 0 heterocycles. The van der Waals surface area contributed by atoms with Crippen molar-refractivity contribution in [1.82, 2.24) is 0 Å². The molecule has 0 unspecified atom stereocenters. The van der Waals surface area contributed by atoms with Crippen molar-refractivity contribution in [3.63, 3.8) is 0 Å². The molecule has 0 aliphatic heterocycles. The van der Waals surface area contributed by atoms with Crippen LogP contribution in [-0.4, -0.2) is 11.6 Å². The van der Waals surface area contributed by atoms with Crippen molar-refractivity contribution in [2.75, 3.05) is 0 Å². The van der Waals surface area contributed by atoms with E-state index in [0.717, 1.165) is 12.8 Å². The van der Waals surface area contributed by atoms with Gasteiger partial charge in [0, 0.05) is 5.92 Å². The Morgan fingerprint density at radius 3 is 2.35 bits per heavy atom. The minimum absolute atomic E-state index is 0.0283. The molecule has 2 nitrogen and oxygen atoms in total. The van der Waals surface area contributed by atoms with Gasteiger partial charge in [0.25, 0.3) is 0 Å². The average Bonchev–Trinajstić information content (AvgIpc) is 2.34. The highest BCUT2D eigenvalue weighted by Gasteiger charge is 2.57. The molecule has 20 heavy (non-hydrogen) atoms. The molecule has 1 saturated carbocycles. The van der Waals surface area contributed by atoms with Crippen LogP contribution in [0.2, 0.25) is 0 Å². The summed E-state index contributed by atoms with van der Waals surface area (Å²) in [5, 5.41) is 0. The zero-order valence-electron chi connectivity index (χ0n) is 13.3. The molecule has 2 rings (SSSR count). The lowest BCUT2D eigenvalue weighted by atomic mass is 9.51. The van der Waals surface area contributed by atoms with Gasteiger partial charge in [-0.05, 0) is 45.1 Å². The van der Waals surface area contributed by atoms with Gasteiger partial charge in [-0.2, -0.15) is 0 Å². The molecule has 0 N–H and O–H groups in total. The van der Waals surface area contributed by atoms with Gasteiger partial charge in [0.05, 0.1) is 5.41 Å². The zero-order chi connectivity index (χ0) is 15.0. The van der Waals surface area contributed by atoms with Crippen molar-refractivity contribution in [2.45, 2.75) is 59.0 Å². The SMILES string of the molecule is CC[C@]1(C(=O)OC(C)(C)C)C[C@H](C)[C@H]1c1ccccc1. The minimum atomic E-state index is -0.417. The minimum Gasteiger partial charge on any atom is -0.460 e. The quantitative estimate of drug-likeness (QED) is 0.756. The van der Waals surface area contributed by atoms with Crippen LogP contribution >= 0.6 is 0 Å². The second-order valence-corrected chi connectivity index (χ2v) is 7.08. The first kappa shape index (κ1) is 15.1. The van der Waals surface area contributed by atoms with E-state index in [4.69, 9.17) is 4.74 Å². The molecule has 1 fully saturated rings. The molecular weight excluding hydrogens is 248 g/mol. The summed E-state index contributed by atoms with van der Waals surface area (Å²) in [4.78, 5) is 12.7. The van der Waals surface area contributed by atoms with Gasteiger partial charge in [-0.15, -0.1) is 0 Å². The van der Waals surface area contributed by atoms with E-state index >= 15 is 0 Å². The van der Waals surface area contributed by atoms with Crippen LogP contribution in [0.15, 0.2) is 30.3 Å². The van der Waals surface area contributed by atoms with Crippen LogP contribution in [-0.2, 0) is 9.53 Å². The Morgan fingerprint density at radius 1 is 1.30 bits per heavy atom. The molecular formula is C18H26O2. The number of carbonyl (C=O) groups excluding carboxylic acids is 1. The summed E-state index contributed by atoms with van der Waals surface area (Å²) in [5.41, 5.74) is 0.506. The largest absolute Gasteiger partial charge is 0.460 e. The molecule has 0 radical (unpaired) electrons. The van der Waals surface area contributed by atoms with Crippen LogP contribution in [0, 0.1) is 11.3 Å². The summed E-state index contributed by atoms with van der Waals surface area (Å²) in [6.07, 6.45) is 1.77. The average molecular weight is 274 g/mol. The Morgan fingerprint density at radius 2 is 1.90 bits per heavy atom. The molecule has 0 saturated heterocycles. The lowest BCUT2D eigenvalue weighted by Gasteiger charge is -2.53. The first-order valence-electron chi connectivity index (χ1n) is 7.58. The summed E-state index contributed by atoms with van der Waals surface area (Å²) in [6.45, 7) is 10.2. The fourth-order valence-corrected chi connectivity index (χ4v) is 3.61. The lowest BCUT2D eigenvalue weighted by molar-refractivity contribution is -0.180. The summed E-state index contributed by atoms with van der Waals surface area (Å²) < 4.78 is 5.70. The van der Waals surface area contributed by atoms with Crippen LogP contribution in [0.4, 0.5) is 0 Å². The Bertz CT molecular complexity index is 472. The Balaban J connectivity index is 2.29. The van der Waals surface area contributed by atoms with E-state index in [2.05, 4.69) is 38.1 Å². The van der Waals surface area contributed by atoms with E-state index in [1.807, 2.05) is 26.8 Å². The molecule has 1 aliphatic carbocycles. The predicted molar refractivity (Wildman–Crippen MR) is 81.5 cm³/mol. The maximum atomic E-state index is 12.7. The molecule has 1 aromatic carbocycles. The van der Waals surface area contributed by atoms with Crippen molar-refractivity contribution in [3.05, 3.63) is 35.9 Å². The third-order valence-corrected chi connectivity index (χ3v) is 4.45. The third-order valence-electron chi connectivity index (χ3n) is 4.45. The monoisotopic (exact) mass is 274 g/mol. The normalized spacial score (nSPS) is 29.6. The van der Waals surface area contributed by atoms with Gasteiger partial charge in [-0.3, -0.25) is 4.79 Å². The standard InChI is InChI=1S/C18H26O2/c1-6-18(16(19)20-17(3,4)5)12-13(2)15(18)14-10-8-7-9-11-14/h7-11,13,15H,6,12H2,1-5H3/t13-,15-,18-/m0/s1. The van der Waals surface area contributed by atoms with Crippen LogP contribution in [0.1, 0.15) is 58.9 Å². The summed E-state index contributed by atoms with van der Waals surface area (Å²) in [7, 11) is 0. The summed E-state index contributed by atoms with van der Waals surface area (Å²) >= 11 is 0. The van der Waals surface area contributed by atoms with Gasteiger partial charge in [0.1, 0.15) is 5.60 Å². The first-order valence-corrected chi connectivity index (χ1v) is 7.58. The van der Waals surface area contributed by atoms with Crippen molar-refractivity contribution >= 4 is 5.97 Å². The van der Waals surface area contributed by atoms with Gasteiger partial charge in [-0.1, -0.05) is 44.2 Å². The molecule has 3 atom stereocenters. The second kappa shape index (κ2) is 5.23. The van der Waals surface area contributed by atoms with E-state index in [1.165, 1.54) is 5.56 Å². The first-order chi connectivity index (χ1) is 9.30. The highest BCUT2D eigenvalue weighted by Crippen LogP contribution is 2.59. The Labute approximate surface area is 122 Å². The van der Waals surface area contributed by atoms with Crippen LogP contribution in [0.3, 0.4) is 0 Å². The van der Waals surface area contributed by atoms with E-state index in [1.54, 1.807) is 0 Å². The van der Waals surface area contributed by atoms with Gasteiger partial charge >= 0.3 is 5.97 Å². The molecule has 1 aromatic rings. The van der Waals surface area contributed by atoms with Crippen LogP contribution in [0.25, 0.3) is 0 Å². The van der Waals surface area contributed by atoms with Gasteiger partial charge < -0.3 is 4.74 Å². The fourth-order valence-electron chi connectivity index (χ4n) is 3.61. The molecule has 0 spiro atoms. The second-order valence-electron chi connectivity index (χ2n) is 7.08. The van der Waals surface area contributed by atoms with Crippen LogP contribution < -0.4 is 0 Å². The lowest BCUT2D eigenvalue weighted by Crippen LogP contribution is -2.52. The van der Waals surface area contributed by atoms with E-state index in [-0.39, 0.29) is 17.3 Å². The molecule has 0 bridgehead atoms. The van der Waals surface area contributed by atoms with Crippen molar-refractivity contribution in [3.8, 4) is 0 Å². The van der Waals surface area contributed by atoms with E-state index in [0.29, 0.717) is 5.92 Å². The summed E-state index contributed by atoms with van der Waals surface area (Å²) in [6, 6.07) is 10.4. The number of hydrogen-bond donors (Lipinski definition) is 0. The van der Waals surface area contributed by atoms with Crippen molar-refractivity contribution < 1.29 is 9.53 Å². The number of benzene rings is 1. The molecule has 2 heteroatoms. The predicted octanol–water partition coefficient (Wildman–Crippen LogP) is 4.55. The van der Waals surface area contributed by atoms with Crippen LogP contribution in [0.5, 0.6) is 0 Å². The molecule has 1 aliphatic rings. The smallest absolute Gasteiger partial charge is 0.313 e.